The third-order valence-electron chi connectivity index (χ3n) is 3.16. The molecule has 1 amide bonds. The third kappa shape index (κ3) is 2.56. The normalized spacial score (nSPS) is 10.7. The van der Waals surface area contributed by atoms with Crippen molar-refractivity contribution in [3.05, 3.63) is 60.3 Å². The van der Waals surface area contributed by atoms with E-state index in [0.717, 1.165) is 16.6 Å². The summed E-state index contributed by atoms with van der Waals surface area (Å²) < 4.78 is 0. The van der Waals surface area contributed by atoms with Crippen molar-refractivity contribution in [3.8, 4) is 0 Å². The van der Waals surface area contributed by atoms with E-state index >= 15 is 0 Å². The van der Waals surface area contributed by atoms with Crippen LogP contribution in [0.25, 0.3) is 10.9 Å². The van der Waals surface area contributed by atoms with Crippen LogP contribution in [-0.2, 0) is 0 Å². The van der Waals surface area contributed by atoms with E-state index in [-0.39, 0.29) is 5.91 Å². The van der Waals surface area contributed by atoms with Gasteiger partial charge in [-0.25, -0.2) is 0 Å². The van der Waals surface area contributed by atoms with E-state index < -0.39 is 0 Å². The van der Waals surface area contributed by atoms with Crippen molar-refractivity contribution in [2.24, 2.45) is 0 Å². The molecule has 1 heterocycles. The van der Waals surface area contributed by atoms with E-state index in [4.69, 9.17) is 0 Å². The van der Waals surface area contributed by atoms with Crippen LogP contribution < -0.4 is 5.32 Å². The van der Waals surface area contributed by atoms with Gasteiger partial charge in [-0.15, -0.1) is 11.8 Å². The molecular formula is C16H14N2OS. The molecule has 0 aliphatic rings. The summed E-state index contributed by atoms with van der Waals surface area (Å²) in [7, 11) is 0. The van der Waals surface area contributed by atoms with Crippen molar-refractivity contribution in [1.82, 2.24) is 4.98 Å². The van der Waals surface area contributed by atoms with Gasteiger partial charge < -0.3 is 10.3 Å². The molecule has 0 fully saturated rings. The van der Waals surface area contributed by atoms with Crippen molar-refractivity contribution in [2.45, 2.75) is 4.90 Å². The zero-order chi connectivity index (χ0) is 13.9. The number of carbonyl (C=O) groups is 1. The van der Waals surface area contributed by atoms with Crippen LogP contribution in [0.1, 0.15) is 10.4 Å². The number of anilines is 1. The average Bonchev–Trinajstić information content (AvgIpc) is 2.95. The minimum Gasteiger partial charge on any atom is -0.361 e. The molecule has 2 aromatic carbocycles. The van der Waals surface area contributed by atoms with Gasteiger partial charge in [0.15, 0.2) is 0 Å². The molecule has 0 aliphatic heterocycles. The summed E-state index contributed by atoms with van der Waals surface area (Å²) in [6.07, 6.45) is 3.90. The molecule has 3 aromatic rings. The van der Waals surface area contributed by atoms with Gasteiger partial charge in [0.25, 0.3) is 5.91 Å². The topological polar surface area (TPSA) is 44.9 Å². The summed E-state index contributed by atoms with van der Waals surface area (Å²) in [4.78, 5) is 16.5. The summed E-state index contributed by atoms with van der Waals surface area (Å²) in [5.41, 5.74) is 2.50. The van der Waals surface area contributed by atoms with E-state index in [2.05, 4.69) is 10.3 Å². The molecule has 0 spiro atoms. The minimum absolute atomic E-state index is 0.0926. The number of aromatic nitrogens is 1. The Hall–Kier alpha value is -2.20. The van der Waals surface area contributed by atoms with Gasteiger partial charge in [0.2, 0.25) is 0 Å². The molecule has 0 atom stereocenters. The van der Waals surface area contributed by atoms with Gasteiger partial charge in [-0.1, -0.05) is 0 Å². The fraction of sp³-hybridized carbons (Fsp3) is 0.0625. The molecular weight excluding hydrogens is 268 g/mol. The Labute approximate surface area is 121 Å². The third-order valence-corrected chi connectivity index (χ3v) is 3.91. The molecule has 2 N–H and O–H groups in total. The monoisotopic (exact) mass is 282 g/mol. The quantitative estimate of drug-likeness (QED) is 0.709. The average molecular weight is 282 g/mol. The Morgan fingerprint density at radius 1 is 1.10 bits per heavy atom. The molecule has 4 heteroatoms. The molecule has 0 radical (unpaired) electrons. The lowest BCUT2D eigenvalue weighted by Gasteiger charge is -2.06. The predicted molar refractivity (Wildman–Crippen MR) is 84.5 cm³/mol. The maximum atomic E-state index is 12.2. The second kappa shape index (κ2) is 5.43. The second-order valence-electron chi connectivity index (χ2n) is 4.46. The molecule has 1 aromatic heterocycles. The SMILES string of the molecule is CSc1ccc(NC(=O)c2ccc3[nH]ccc3c2)cc1. The van der Waals surface area contributed by atoms with Gasteiger partial charge in [0, 0.05) is 33.2 Å². The van der Waals surface area contributed by atoms with E-state index in [0.29, 0.717) is 5.56 Å². The van der Waals surface area contributed by atoms with Crippen LogP contribution in [0.2, 0.25) is 0 Å². The first-order valence-corrected chi connectivity index (χ1v) is 7.51. The number of H-pyrrole nitrogens is 1. The number of fused-ring (bicyclic) bond motifs is 1. The summed E-state index contributed by atoms with van der Waals surface area (Å²) in [6, 6.07) is 15.4. The molecule has 3 rings (SSSR count). The molecule has 0 unspecified atom stereocenters. The molecule has 20 heavy (non-hydrogen) atoms. The van der Waals surface area contributed by atoms with E-state index in [9.17, 15) is 4.79 Å². The smallest absolute Gasteiger partial charge is 0.255 e. The zero-order valence-corrected chi connectivity index (χ0v) is 11.8. The maximum Gasteiger partial charge on any atom is 0.255 e. The number of thioether (sulfide) groups is 1. The van der Waals surface area contributed by atoms with E-state index in [1.54, 1.807) is 11.8 Å². The zero-order valence-electron chi connectivity index (χ0n) is 11.0. The van der Waals surface area contributed by atoms with Crippen LogP contribution in [0.5, 0.6) is 0 Å². The van der Waals surface area contributed by atoms with Crippen molar-refractivity contribution in [2.75, 3.05) is 11.6 Å². The highest BCUT2D eigenvalue weighted by Crippen LogP contribution is 2.19. The molecule has 0 saturated heterocycles. The lowest BCUT2D eigenvalue weighted by atomic mass is 10.1. The van der Waals surface area contributed by atoms with Gasteiger partial charge >= 0.3 is 0 Å². The van der Waals surface area contributed by atoms with Gasteiger partial charge in [-0.05, 0) is 54.8 Å². The maximum absolute atomic E-state index is 12.2. The van der Waals surface area contributed by atoms with Crippen LogP contribution in [-0.4, -0.2) is 17.1 Å². The van der Waals surface area contributed by atoms with Gasteiger partial charge in [0.1, 0.15) is 0 Å². The number of hydrogen-bond donors (Lipinski definition) is 2. The molecule has 0 aliphatic carbocycles. The van der Waals surface area contributed by atoms with Crippen molar-refractivity contribution in [1.29, 1.82) is 0 Å². The highest BCUT2D eigenvalue weighted by Gasteiger charge is 2.07. The first-order chi connectivity index (χ1) is 9.76. The fourth-order valence-electron chi connectivity index (χ4n) is 2.07. The highest BCUT2D eigenvalue weighted by molar-refractivity contribution is 7.98. The van der Waals surface area contributed by atoms with Gasteiger partial charge in [0.05, 0.1) is 0 Å². The molecule has 100 valence electrons. The van der Waals surface area contributed by atoms with E-state index in [1.807, 2.05) is 61.0 Å². The Balaban J connectivity index is 1.80. The van der Waals surface area contributed by atoms with Crippen molar-refractivity contribution in [3.63, 3.8) is 0 Å². The molecule has 0 saturated carbocycles. The Morgan fingerprint density at radius 2 is 1.90 bits per heavy atom. The second-order valence-corrected chi connectivity index (χ2v) is 5.34. The Bertz CT molecular complexity index is 747. The lowest BCUT2D eigenvalue weighted by Crippen LogP contribution is -2.11. The number of rotatable bonds is 3. The van der Waals surface area contributed by atoms with Crippen LogP contribution >= 0.6 is 11.8 Å². The van der Waals surface area contributed by atoms with Gasteiger partial charge in [-0.3, -0.25) is 4.79 Å². The summed E-state index contributed by atoms with van der Waals surface area (Å²) in [6.45, 7) is 0. The molecule has 0 bridgehead atoms. The summed E-state index contributed by atoms with van der Waals surface area (Å²) >= 11 is 1.68. The highest BCUT2D eigenvalue weighted by atomic mass is 32.2. The van der Waals surface area contributed by atoms with Crippen LogP contribution in [0.4, 0.5) is 5.69 Å². The Kier molecular flexibility index (Phi) is 3.48. The number of carbonyl (C=O) groups excluding carboxylic acids is 1. The van der Waals surface area contributed by atoms with Crippen molar-refractivity contribution < 1.29 is 4.79 Å². The van der Waals surface area contributed by atoms with Gasteiger partial charge in [-0.2, -0.15) is 0 Å². The Morgan fingerprint density at radius 3 is 2.65 bits per heavy atom. The molecule has 3 nitrogen and oxygen atoms in total. The minimum atomic E-state index is -0.0926. The number of benzene rings is 2. The predicted octanol–water partition coefficient (Wildman–Crippen LogP) is 4.14. The van der Waals surface area contributed by atoms with Crippen LogP contribution in [0.15, 0.2) is 59.6 Å². The standard InChI is InChI=1S/C16H14N2OS/c1-20-14-5-3-13(4-6-14)18-16(19)12-2-7-15-11(10-12)8-9-17-15/h2-10,17H,1H3,(H,18,19). The van der Waals surface area contributed by atoms with Crippen LogP contribution in [0, 0.1) is 0 Å². The fourth-order valence-corrected chi connectivity index (χ4v) is 2.48. The van der Waals surface area contributed by atoms with E-state index in [1.165, 1.54) is 4.90 Å². The number of nitrogens with one attached hydrogen (secondary N) is 2. The first kappa shape index (κ1) is 12.8. The number of hydrogen-bond acceptors (Lipinski definition) is 2. The lowest BCUT2D eigenvalue weighted by molar-refractivity contribution is 0.102. The summed E-state index contributed by atoms with van der Waals surface area (Å²) in [5, 5.41) is 3.95. The largest absolute Gasteiger partial charge is 0.361 e. The number of amides is 1. The summed E-state index contributed by atoms with van der Waals surface area (Å²) in [5.74, 6) is -0.0926. The number of aromatic amines is 1. The van der Waals surface area contributed by atoms with Crippen LogP contribution in [0.3, 0.4) is 0 Å². The van der Waals surface area contributed by atoms with Crippen molar-refractivity contribution >= 4 is 34.3 Å². The first-order valence-electron chi connectivity index (χ1n) is 6.29.